The van der Waals surface area contributed by atoms with E-state index in [0.717, 1.165) is 49.3 Å². The van der Waals surface area contributed by atoms with E-state index in [-0.39, 0.29) is 5.56 Å². The molecule has 0 aromatic carbocycles. The van der Waals surface area contributed by atoms with E-state index >= 15 is 0 Å². The van der Waals surface area contributed by atoms with Crippen molar-refractivity contribution in [1.82, 2.24) is 15.3 Å². The van der Waals surface area contributed by atoms with Gasteiger partial charge in [0.1, 0.15) is 5.82 Å². The van der Waals surface area contributed by atoms with Crippen LogP contribution in [0.1, 0.15) is 36.8 Å². The van der Waals surface area contributed by atoms with Crippen LogP contribution in [0.5, 0.6) is 0 Å². The Morgan fingerprint density at radius 1 is 1.47 bits per heavy atom. The Kier molecular flexibility index (Phi) is 3.16. The van der Waals surface area contributed by atoms with Gasteiger partial charge in [0.25, 0.3) is 5.56 Å². The third-order valence-corrected chi connectivity index (χ3v) is 2.76. The van der Waals surface area contributed by atoms with Crippen LogP contribution in [0.4, 0.5) is 0 Å². The molecule has 0 aliphatic carbocycles. The van der Waals surface area contributed by atoms with Gasteiger partial charge in [-0.05, 0) is 6.42 Å². The summed E-state index contributed by atoms with van der Waals surface area (Å²) in [5, 5.41) is 3.18. The molecule has 0 saturated heterocycles. The predicted octanol–water partition coefficient (Wildman–Crippen LogP) is 0.758. The Bertz CT molecular complexity index is 397. The first-order chi connectivity index (χ1) is 7.31. The summed E-state index contributed by atoms with van der Waals surface area (Å²) in [7, 11) is 0. The fraction of sp³-hybridized carbons (Fsp3) is 0.636. The van der Waals surface area contributed by atoms with Crippen molar-refractivity contribution in [3.8, 4) is 0 Å². The summed E-state index contributed by atoms with van der Waals surface area (Å²) >= 11 is 0. The number of nitrogens with zero attached hydrogens (tertiary/aromatic N) is 1. The van der Waals surface area contributed by atoms with E-state index in [1.54, 1.807) is 0 Å². The lowest BCUT2D eigenvalue weighted by Crippen LogP contribution is -2.32. The Labute approximate surface area is 89.1 Å². The second-order valence-corrected chi connectivity index (χ2v) is 3.97. The van der Waals surface area contributed by atoms with Gasteiger partial charge in [-0.2, -0.15) is 0 Å². The van der Waals surface area contributed by atoms with Crippen molar-refractivity contribution in [2.45, 2.75) is 39.2 Å². The fourth-order valence-corrected chi connectivity index (χ4v) is 1.87. The molecule has 0 saturated carbocycles. The van der Waals surface area contributed by atoms with E-state index in [4.69, 9.17) is 0 Å². The first kappa shape index (κ1) is 10.4. The lowest BCUT2D eigenvalue weighted by atomic mass is 10.1. The maximum Gasteiger partial charge on any atom is 0.255 e. The van der Waals surface area contributed by atoms with Gasteiger partial charge < -0.3 is 10.3 Å². The minimum absolute atomic E-state index is 0.0401. The molecule has 1 aliphatic rings. The van der Waals surface area contributed by atoms with E-state index in [1.165, 1.54) is 0 Å². The van der Waals surface area contributed by atoms with E-state index in [2.05, 4.69) is 22.2 Å². The highest BCUT2D eigenvalue weighted by atomic mass is 16.1. The summed E-state index contributed by atoms with van der Waals surface area (Å²) in [6.07, 6.45) is 3.97. The van der Waals surface area contributed by atoms with Crippen LogP contribution in [0, 0.1) is 0 Å². The first-order valence-corrected chi connectivity index (χ1v) is 5.63. The van der Waals surface area contributed by atoms with Crippen LogP contribution >= 0.6 is 0 Å². The van der Waals surface area contributed by atoms with Crippen molar-refractivity contribution in [1.29, 1.82) is 0 Å². The number of H-pyrrole nitrogens is 1. The van der Waals surface area contributed by atoms with Crippen LogP contribution in [0.15, 0.2) is 4.79 Å². The average molecular weight is 207 g/mol. The molecule has 0 spiro atoms. The van der Waals surface area contributed by atoms with Crippen molar-refractivity contribution in [3.63, 3.8) is 0 Å². The molecule has 1 aromatic rings. The van der Waals surface area contributed by atoms with Crippen LogP contribution in [0.25, 0.3) is 0 Å². The van der Waals surface area contributed by atoms with E-state index < -0.39 is 0 Å². The molecule has 4 nitrogen and oxygen atoms in total. The molecule has 1 aromatic heterocycles. The molecule has 2 rings (SSSR count). The van der Waals surface area contributed by atoms with Gasteiger partial charge in [-0.1, -0.05) is 13.3 Å². The normalized spacial score (nSPS) is 15.0. The first-order valence-electron chi connectivity index (χ1n) is 5.63. The molecule has 0 fully saturated rings. The number of fused-ring (bicyclic) bond motifs is 1. The van der Waals surface area contributed by atoms with Crippen LogP contribution < -0.4 is 10.9 Å². The molecular formula is C11H17N3O. The SMILES string of the molecule is CCCCc1nc2c(c(=O)[nH]1)CNCC2. The quantitative estimate of drug-likeness (QED) is 0.769. The van der Waals surface area contributed by atoms with Gasteiger partial charge in [0.05, 0.1) is 11.3 Å². The molecule has 0 atom stereocenters. The number of nitrogens with one attached hydrogen (secondary N) is 2. The lowest BCUT2D eigenvalue weighted by molar-refractivity contribution is 0.610. The summed E-state index contributed by atoms with van der Waals surface area (Å²) in [5.74, 6) is 0.850. The number of aromatic nitrogens is 2. The van der Waals surface area contributed by atoms with E-state index in [0.29, 0.717) is 6.54 Å². The fourth-order valence-electron chi connectivity index (χ4n) is 1.87. The zero-order valence-electron chi connectivity index (χ0n) is 9.10. The lowest BCUT2D eigenvalue weighted by Gasteiger charge is -2.15. The monoisotopic (exact) mass is 207 g/mol. The van der Waals surface area contributed by atoms with Crippen LogP contribution in [-0.2, 0) is 19.4 Å². The highest BCUT2D eigenvalue weighted by Crippen LogP contribution is 2.07. The highest BCUT2D eigenvalue weighted by Gasteiger charge is 2.14. The largest absolute Gasteiger partial charge is 0.312 e. The Morgan fingerprint density at radius 2 is 2.33 bits per heavy atom. The Balaban J connectivity index is 2.28. The van der Waals surface area contributed by atoms with Gasteiger partial charge in [0.2, 0.25) is 0 Å². The van der Waals surface area contributed by atoms with Crippen molar-refractivity contribution >= 4 is 0 Å². The van der Waals surface area contributed by atoms with Crippen LogP contribution in [-0.4, -0.2) is 16.5 Å². The number of aryl methyl sites for hydroxylation is 1. The van der Waals surface area contributed by atoms with Gasteiger partial charge in [0, 0.05) is 25.9 Å². The standard InChI is InChI=1S/C11H17N3O/c1-2-3-4-10-13-9-5-6-12-7-8(9)11(15)14-10/h12H,2-7H2,1H3,(H,13,14,15). The van der Waals surface area contributed by atoms with E-state index in [1.807, 2.05) is 0 Å². The number of rotatable bonds is 3. The topological polar surface area (TPSA) is 57.8 Å². The maximum absolute atomic E-state index is 11.7. The molecule has 0 bridgehead atoms. The van der Waals surface area contributed by atoms with Gasteiger partial charge in [-0.15, -0.1) is 0 Å². The molecular weight excluding hydrogens is 190 g/mol. The highest BCUT2D eigenvalue weighted by molar-refractivity contribution is 5.20. The summed E-state index contributed by atoms with van der Waals surface area (Å²) in [6, 6.07) is 0. The van der Waals surface area contributed by atoms with Crippen molar-refractivity contribution in [2.75, 3.05) is 6.54 Å². The second-order valence-electron chi connectivity index (χ2n) is 3.97. The van der Waals surface area contributed by atoms with Crippen molar-refractivity contribution in [2.24, 2.45) is 0 Å². The molecule has 15 heavy (non-hydrogen) atoms. The third-order valence-electron chi connectivity index (χ3n) is 2.76. The third kappa shape index (κ3) is 2.26. The average Bonchev–Trinajstić information content (AvgIpc) is 2.26. The summed E-state index contributed by atoms with van der Waals surface area (Å²) < 4.78 is 0. The van der Waals surface area contributed by atoms with Gasteiger partial charge >= 0.3 is 0 Å². The Hall–Kier alpha value is -1.16. The van der Waals surface area contributed by atoms with Gasteiger partial charge in [-0.3, -0.25) is 4.79 Å². The second kappa shape index (κ2) is 4.57. The minimum atomic E-state index is 0.0401. The number of hydrogen-bond donors (Lipinski definition) is 2. The smallest absolute Gasteiger partial charge is 0.255 e. The number of aromatic amines is 1. The zero-order valence-corrected chi connectivity index (χ0v) is 9.10. The summed E-state index contributed by atoms with van der Waals surface area (Å²) in [4.78, 5) is 19.1. The summed E-state index contributed by atoms with van der Waals surface area (Å²) in [6.45, 7) is 3.73. The van der Waals surface area contributed by atoms with Crippen molar-refractivity contribution in [3.05, 3.63) is 27.4 Å². The van der Waals surface area contributed by atoms with E-state index in [9.17, 15) is 4.79 Å². The molecule has 0 amide bonds. The molecule has 0 unspecified atom stereocenters. The van der Waals surface area contributed by atoms with Crippen LogP contribution in [0.3, 0.4) is 0 Å². The minimum Gasteiger partial charge on any atom is -0.312 e. The predicted molar refractivity (Wildman–Crippen MR) is 58.9 cm³/mol. The van der Waals surface area contributed by atoms with Crippen LogP contribution in [0.2, 0.25) is 0 Å². The molecule has 82 valence electrons. The molecule has 2 heterocycles. The summed E-state index contributed by atoms with van der Waals surface area (Å²) in [5.41, 5.74) is 1.85. The maximum atomic E-state index is 11.7. The molecule has 4 heteroatoms. The van der Waals surface area contributed by atoms with Crippen molar-refractivity contribution < 1.29 is 0 Å². The zero-order chi connectivity index (χ0) is 10.7. The molecule has 1 aliphatic heterocycles. The number of unbranched alkanes of at least 4 members (excludes halogenated alkanes) is 1. The Morgan fingerprint density at radius 3 is 3.13 bits per heavy atom. The van der Waals surface area contributed by atoms with Gasteiger partial charge in [-0.25, -0.2) is 4.98 Å². The molecule has 2 N–H and O–H groups in total. The molecule has 0 radical (unpaired) electrons. The van der Waals surface area contributed by atoms with Gasteiger partial charge in [0.15, 0.2) is 0 Å². The number of hydrogen-bond acceptors (Lipinski definition) is 3.